The molecule has 0 atom stereocenters. The van der Waals surface area contributed by atoms with Gasteiger partial charge in [-0.25, -0.2) is 18.4 Å². The summed E-state index contributed by atoms with van der Waals surface area (Å²) in [5, 5.41) is 2.66. The largest absolute Gasteiger partial charge is 0.382 e. The molecule has 3 N–H and O–H groups in total. The SMILES string of the molecule is CC(=O)N1CCN(S(=O)(=O)c2ccc(-c3cnc(N)c(C(=O)Nc4cccnc4)n3)cc2)CC1. The fourth-order valence-electron chi connectivity index (χ4n) is 3.52. The number of hydrogen-bond donors (Lipinski definition) is 2. The zero-order valence-electron chi connectivity index (χ0n) is 18.4. The van der Waals surface area contributed by atoms with Gasteiger partial charge in [0.15, 0.2) is 11.5 Å². The molecule has 12 heteroatoms. The highest BCUT2D eigenvalue weighted by Gasteiger charge is 2.29. The second-order valence-corrected chi connectivity index (χ2v) is 9.56. The van der Waals surface area contributed by atoms with Crippen LogP contribution in [0.25, 0.3) is 11.3 Å². The first-order chi connectivity index (χ1) is 16.3. The maximum atomic E-state index is 13.0. The van der Waals surface area contributed by atoms with Crippen LogP contribution >= 0.6 is 0 Å². The molecule has 176 valence electrons. The van der Waals surface area contributed by atoms with Gasteiger partial charge in [0.05, 0.1) is 28.7 Å². The fourth-order valence-corrected chi connectivity index (χ4v) is 4.94. The molecule has 34 heavy (non-hydrogen) atoms. The van der Waals surface area contributed by atoms with Crippen LogP contribution in [0.2, 0.25) is 0 Å². The van der Waals surface area contributed by atoms with Gasteiger partial charge in [-0.2, -0.15) is 4.31 Å². The molecular formula is C22H23N7O4S. The summed E-state index contributed by atoms with van der Waals surface area (Å²) in [6.07, 6.45) is 4.49. The summed E-state index contributed by atoms with van der Waals surface area (Å²) < 4.78 is 27.4. The Balaban J connectivity index is 1.52. The van der Waals surface area contributed by atoms with Gasteiger partial charge in [0.2, 0.25) is 15.9 Å². The minimum atomic E-state index is -3.70. The lowest BCUT2D eigenvalue weighted by Crippen LogP contribution is -2.49. The Hall–Kier alpha value is -3.90. The Morgan fingerprint density at radius 2 is 1.74 bits per heavy atom. The van der Waals surface area contributed by atoms with Crippen molar-refractivity contribution in [1.82, 2.24) is 24.2 Å². The van der Waals surface area contributed by atoms with Crippen LogP contribution < -0.4 is 11.1 Å². The number of sulfonamides is 1. The second kappa shape index (κ2) is 9.53. The normalized spacial score (nSPS) is 14.6. The molecule has 0 spiro atoms. The average Bonchev–Trinajstić information content (AvgIpc) is 2.85. The van der Waals surface area contributed by atoms with Gasteiger partial charge in [0.1, 0.15) is 0 Å². The van der Waals surface area contributed by atoms with Crippen LogP contribution in [0, 0.1) is 0 Å². The summed E-state index contributed by atoms with van der Waals surface area (Å²) in [7, 11) is -3.70. The van der Waals surface area contributed by atoms with Crippen LogP contribution in [0.1, 0.15) is 17.4 Å². The van der Waals surface area contributed by atoms with Crippen molar-refractivity contribution in [2.45, 2.75) is 11.8 Å². The van der Waals surface area contributed by atoms with Gasteiger partial charge in [-0.1, -0.05) is 12.1 Å². The number of pyridine rings is 1. The Morgan fingerprint density at radius 1 is 1.03 bits per heavy atom. The van der Waals surface area contributed by atoms with Crippen molar-refractivity contribution in [3.63, 3.8) is 0 Å². The van der Waals surface area contributed by atoms with Gasteiger partial charge in [-0.15, -0.1) is 0 Å². The van der Waals surface area contributed by atoms with Crippen molar-refractivity contribution >= 4 is 33.3 Å². The van der Waals surface area contributed by atoms with Gasteiger partial charge in [0.25, 0.3) is 5.91 Å². The molecule has 1 aromatic carbocycles. The molecule has 0 saturated carbocycles. The number of piperazine rings is 1. The van der Waals surface area contributed by atoms with Crippen molar-refractivity contribution in [1.29, 1.82) is 0 Å². The first-order valence-electron chi connectivity index (χ1n) is 10.5. The number of benzene rings is 1. The highest BCUT2D eigenvalue weighted by atomic mass is 32.2. The zero-order chi connectivity index (χ0) is 24.3. The standard InChI is InChI=1S/C22H23N7O4S/c1-15(30)28-9-11-29(12-10-28)34(32,33)18-6-4-16(5-7-18)19-14-25-21(23)20(27-19)22(31)26-17-3-2-8-24-13-17/h2-8,13-14H,9-12H2,1H3,(H2,23,25)(H,26,31). The monoisotopic (exact) mass is 481 g/mol. The zero-order valence-corrected chi connectivity index (χ0v) is 19.2. The minimum absolute atomic E-state index is 0.0333. The van der Waals surface area contributed by atoms with Crippen LogP contribution in [-0.4, -0.2) is 70.6 Å². The van der Waals surface area contributed by atoms with E-state index < -0.39 is 15.9 Å². The Labute approximate surface area is 196 Å². The van der Waals surface area contributed by atoms with Gasteiger partial charge in [-0.05, 0) is 24.3 Å². The van der Waals surface area contributed by atoms with E-state index in [0.29, 0.717) is 30.0 Å². The molecule has 0 aliphatic carbocycles. The molecule has 2 aromatic heterocycles. The maximum Gasteiger partial charge on any atom is 0.278 e. The summed E-state index contributed by atoms with van der Waals surface area (Å²) >= 11 is 0. The van der Waals surface area contributed by atoms with Crippen molar-refractivity contribution in [3.8, 4) is 11.3 Å². The minimum Gasteiger partial charge on any atom is -0.382 e. The number of carbonyl (C=O) groups is 2. The third-order valence-electron chi connectivity index (χ3n) is 5.41. The molecule has 0 radical (unpaired) electrons. The predicted octanol–water partition coefficient (Wildman–Crippen LogP) is 1.23. The molecule has 1 saturated heterocycles. The maximum absolute atomic E-state index is 13.0. The third-order valence-corrected chi connectivity index (χ3v) is 7.32. The predicted molar refractivity (Wildman–Crippen MR) is 125 cm³/mol. The molecule has 0 bridgehead atoms. The molecule has 0 unspecified atom stereocenters. The lowest BCUT2D eigenvalue weighted by atomic mass is 10.1. The molecular weight excluding hydrogens is 458 g/mol. The summed E-state index contributed by atoms with van der Waals surface area (Å²) in [5.74, 6) is -0.641. The van der Waals surface area contributed by atoms with E-state index in [-0.39, 0.29) is 35.4 Å². The number of hydrogen-bond acceptors (Lipinski definition) is 8. The van der Waals surface area contributed by atoms with Crippen LogP contribution in [0.15, 0.2) is 59.9 Å². The number of rotatable bonds is 5. The molecule has 3 aromatic rings. The van der Waals surface area contributed by atoms with Crippen molar-refractivity contribution in [2.24, 2.45) is 0 Å². The Morgan fingerprint density at radius 3 is 2.35 bits per heavy atom. The van der Waals surface area contributed by atoms with E-state index in [4.69, 9.17) is 5.73 Å². The van der Waals surface area contributed by atoms with Gasteiger partial charge >= 0.3 is 0 Å². The topological polar surface area (TPSA) is 151 Å². The number of carbonyl (C=O) groups excluding carboxylic acids is 2. The Bertz CT molecular complexity index is 1310. The van der Waals surface area contributed by atoms with Crippen LogP contribution in [-0.2, 0) is 14.8 Å². The van der Waals surface area contributed by atoms with Gasteiger partial charge < -0.3 is 16.0 Å². The molecule has 11 nitrogen and oxygen atoms in total. The van der Waals surface area contributed by atoms with E-state index in [2.05, 4.69) is 20.3 Å². The van der Waals surface area contributed by atoms with Crippen molar-refractivity contribution in [2.75, 3.05) is 37.2 Å². The molecule has 3 heterocycles. The number of nitrogens with two attached hydrogens (primary N) is 1. The third kappa shape index (κ3) is 4.87. The molecule has 1 aliphatic heterocycles. The highest BCUT2D eigenvalue weighted by Crippen LogP contribution is 2.23. The van der Waals surface area contributed by atoms with E-state index in [1.165, 1.54) is 35.8 Å². The quantitative estimate of drug-likeness (QED) is 0.552. The fraction of sp³-hybridized carbons (Fsp3) is 0.227. The van der Waals surface area contributed by atoms with Crippen LogP contribution in [0.5, 0.6) is 0 Å². The number of nitrogens with zero attached hydrogens (tertiary/aromatic N) is 5. The van der Waals surface area contributed by atoms with E-state index in [9.17, 15) is 18.0 Å². The first kappa shape index (κ1) is 23.3. The molecule has 2 amide bonds. The molecule has 1 aliphatic rings. The highest BCUT2D eigenvalue weighted by molar-refractivity contribution is 7.89. The van der Waals surface area contributed by atoms with Crippen molar-refractivity contribution < 1.29 is 18.0 Å². The number of anilines is 2. The van der Waals surface area contributed by atoms with E-state index in [0.717, 1.165) is 0 Å². The molecule has 1 fully saturated rings. The number of nitrogen functional groups attached to an aromatic ring is 1. The molecule has 4 rings (SSSR count). The number of nitrogens with one attached hydrogen (secondary N) is 1. The lowest BCUT2D eigenvalue weighted by Gasteiger charge is -2.33. The summed E-state index contributed by atoms with van der Waals surface area (Å²) in [6.45, 7) is 2.66. The first-order valence-corrected chi connectivity index (χ1v) is 11.9. The van der Waals surface area contributed by atoms with Gasteiger partial charge in [-0.3, -0.25) is 14.6 Å². The lowest BCUT2D eigenvalue weighted by molar-refractivity contribution is -0.129. The van der Waals surface area contributed by atoms with E-state index in [1.807, 2.05) is 0 Å². The van der Waals surface area contributed by atoms with E-state index in [1.54, 1.807) is 35.4 Å². The van der Waals surface area contributed by atoms with Crippen molar-refractivity contribution in [3.05, 3.63) is 60.7 Å². The summed E-state index contributed by atoms with van der Waals surface area (Å²) in [6, 6.07) is 9.52. The number of amides is 2. The van der Waals surface area contributed by atoms with E-state index >= 15 is 0 Å². The summed E-state index contributed by atoms with van der Waals surface area (Å²) in [5.41, 5.74) is 7.22. The summed E-state index contributed by atoms with van der Waals surface area (Å²) in [4.78, 5) is 38.2. The number of aromatic nitrogens is 3. The Kier molecular flexibility index (Phi) is 6.52. The second-order valence-electron chi connectivity index (χ2n) is 7.62. The van der Waals surface area contributed by atoms with Crippen LogP contribution in [0.4, 0.5) is 11.5 Å². The average molecular weight is 482 g/mol. The van der Waals surface area contributed by atoms with Gasteiger partial charge in [0, 0.05) is 44.9 Å². The van der Waals surface area contributed by atoms with Crippen LogP contribution in [0.3, 0.4) is 0 Å². The smallest absolute Gasteiger partial charge is 0.278 e.